The standard InChI is InChI=1S/C25H35N3O4S/c1-19-7-8-20(2)24(17-19)33(30,31)27-14-13-25(29)26-18-23(28-15-5-4-6-16-28)21-9-11-22(32-3)12-10-21/h7-12,17,23,27H,4-6,13-16,18H2,1-3H3,(H,26,29). The first-order valence-electron chi connectivity index (χ1n) is 11.5. The summed E-state index contributed by atoms with van der Waals surface area (Å²) in [5.74, 6) is 0.630. The van der Waals surface area contributed by atoms with Crippen molar-refractivity contribution in [1.29, 1.82) is 0 Å². The van der Waals surface area contributed by atoms with Crippen LogP contribution in [0.1, 0.15) is 48.4 Å². The number of nitrogens with one attached hydrogen (secondary N) is 2. The number of hydrogen-bond donors (Lipinski definition) is 2. The second-order valence-electron chi connectivity index (χ2n) is 8.61. The molecule has 1 aliphatic heterocycles. The number of sulfonamides is 1. The van der Waals surface area contributed by atoms with Gasteiger partial charge in [-0.15, -0.1) is 0 Å². The molecule has 0 aliphatic carbocycles. The normalized spacial score (nSPS) is 15.7. The Morgan fingerprint density at radius 3 is 2.42 bits per heavy atom. The van der Waals surface area contributed by atoms with E-state index in [1.165, 1.54) is 6.42 Å². The molecule has 1 saturated heterocycles. The Morgan fingerprint density at radius 2 is 1.76 bits per heavy atom. The molecule has 0 bridgehead atoms. The van der Waals surface area contributed by atoms with Crippen molar-refractivity contribution in [2.24, 2.45) is 0 Å². The molecular weight excluding hydrogens is 438 g/mol. The maximum atomic E-state index is 12.6. The number of aryl methyl sites for hydroxylation is 2. The molecule has 7 nitrogen and oxygen atoms in total. The number of amides is 1. The van der Waals surface area contributed by atoms with Crippen LogP contribution in [0.2, 0.25) is 0 Å². The molecule has 1 unspecified atom stereocenters. The monoisotopic (exact) mass is 473 g/mol. The van der Waals surface area contributed by atoms with Crippen LogP contribution in [-0.2, 0) is 14.8 Å². The molecule has 8 heteroatoms. The minimum Gasteiger partial charge on any atom is -0.497 e. The molecule has 0 aromatic heterocycles. The largest absolute Gasteiger partial charge is 0.497 e. The van der Waals surface area contributed by atoms with Crippen molar-refractivity contribution in [3.63, 3.8) is 0 Å². The summed E-state index contributed by atoms with van der Waals surface area (Å²) in [5.41, 5.74) is 2.69. The van der Waals surface area contributed by atoms with Crippen LogP contribution in [0.25, 0.3) is 0 Å². The zero-order chi connectivity index (χ0) is 23.8. The van der Waals surface area contributed by atoms with Crippen LogP contribution >= 0.6 is 0 Å². The van der Waals surface area contributed by atoms with Gasteiger partial charge in [0.2, 0.25) is 15.9 Å². The maximum Gasteiger partial charge on any atom is 0.240 e. The Bertz CT molecular complexity index is 1030. The maximum absolute atomic E-state index is 12.6. The first-order chi connectivity index (χ1) is 15.8. The fourth-order valence-corrected chi connectivity index (χ4v) is 5.55. The molecule has 1 amide bonds. The van der Waals surface area contributed by atoms with Crippen LogP contribution in [0.5, 0.6) is 5.75 Å². The summed E-state index contributed by atoms with van der Waals surface area (Å²) in [6.07, 6.45) is 3.62. The van der Waals surface area contributed by atoms with E-state index in [-0.39, 0.29) is 29.8 Å². The lowest BCUT2D eigenvalue weighted by Crippen LogP contribution is -2.41. The number of hydrogen-bond acceptors (Lipinski definition) is 5. The van der Waals surface area contributed by atoms with Gasteiger partial charge in [0.1, 0.15) is 5.75 Å². The third-order valence-electron chi connectivity index (χ3n) is 6.10. The molecule has 0 spiro atoms. The number of rotatable bonds is 10. The molecule has 0 radical (unpaired) electrons. The number of carbonyl (C=O) groups excluding carboxylic acids is 1. The molecule has 2 N–H and O–H groups in total. The van der Waals surface area contributed by atoms with Gasteiger partial charge < -0.3 is 10.1 Å². The average molecular weight is 474 g/mol. The third-order valence-corrected chi connectivity index (χ3v) is 7.70. The summed E-state index contributed by atoms with van der Waals surface area (Å²) < 4.78 is 33.1. The first kappa shape index (κ1) is 25.2. The zero-order valence-electron chi connectivity index (χ0n) is 19.8. The lowest BCUT2D eigenvalue weighted by atomic mass is 10.0. The topological polar surface area (TPSA) is 87.7 Å². The number of ether oxygens (including phenoxy) is 1. The van der Waals surface area contributed by atoms with Crippen molar-refractivity contribution in [1.82, 2.24) is 14.9 Å². The van der Waals surface area contributed by atoms with Gasteiger partial charge in [-0.1, -0.05) is 30.7 Å². The van der Waals surface area contributed by atoms with E-state index in [1.807, 2.05) is 37.3 Å². The molecule has 3 rings (SSSR count). The van der Waals surface area contributed by atoms with Crippen LogP contribution in [0.4, 0.5) is 0 Å². The number of nitrogens with zero attached hydrogens (tertiary/aromatic N) is 1. The van der Waals surface area contributed by atoms with E-state index in [1.54, 1.807) is 26.2 Å². The number of piperidine rings is 1. The van der Waals surface area contributed by atoms with Crippen LogP contribution in [0, 0.1) is 13.8 Å². The van der Waals surface area contributed by atoms with Crippen molar-refractivity contribution >= 4 is 15.9 Å². The van der Waals surface area contributed by atoms with E-state index >= 15 is 0 Å². The van der Waals surface area contributed by atoms with E-state index < -0.39 is 10.0 Å². The van der Waals surface area contributed by atoms with Gasteiger partial charge in [0.05, 0.1) is 18.0 Å². The smallest absolute Gasteiger partial charge is 0.240 e. The molecule has 2 aromatic rings. The Morgan fingerprint density at radius 1 is 1.06 bits per heavy atom. The summed E-state index contributed by atoms with van der Waals surface area (Å²) in [6, 6.07) is 13.4. The predicted octanol–water partition coefficient (Wildman–Crippen LogP) is 3.32. The predicted molar refractivity (Wildman–Crippen MR) is 130 cm³/mol. The highest BCUT2D eigenvalue weighted by Gasteiger charge is 2.23. The molecule has 2 aromatic carbocycles. The van der Waals surface area contributed by atoms with E-state index in [0.717, 1.165) is 42.8 Å². The summed E-state index contributed by atoms with van der Waals surface area (Å²) in [6.45, 7) is 6.16. The third kappa shape index (κ3) is 7.03. The molecule has 0 saturated carbocycles. The van der Waals surface area contributed by atoms with Crippen molar-refractivity contribution < 1.29 is 17.9 Å². The first-order valence-corrected chi connectivity index (χ1v) is 13.0. The highest BCUT2D eigenvalue weighted by Crippen LogP contribution is 2.26. The Labute approximate surface area is 197 Å². The van der Waals surface area contributed by atoms with Gasteiger partial charge in [-0.2, -0.15) is 0 Å². The molecule has 1 aliphatic rings. The van der Waals surface area contributed by atoms with Gasteiger partial charge in [-0.25, -0.2) is 13.1 Å². The summed E-state index contributed by atoms with van der Waals surface area (Å²) >= 11 is 0. The minimum absolute atomic E-state index is 0.0540. The van der Waals surface area contributed by atoms with E-state index in [2.05, 4.69) is 14.9 Å². The summed E-state index contributed by atoms with van der Waals surface area (Å²) in [5, 5.41) is 3.01. The van der Waals surface area contributed by atoms with Gasteiger partial charge >= 0.3 is 0 Å². The molecule has 33 heavy (non-hydrogen) atoms. The second kappa shape index (κ2) is 11.6. The Hall–Kier alpha value is -2.42. The van der Waals surface area contributed by atoms with E-state index in [4.69, 9.17) is 4.74 Å². The lowest BCUT2D eigenvalue weighted by Gasteiger charge is -2.35. The number of methoxy groups -OCH3 is 1. The fraction of sp³-hybridized carbons (Fsp3) is 0.480. The molecule has 1 fully saturated rings. The van der Waals surface area contributed by atoms with Crippen LogP contribution in [-0.4, -0.2) is 52.5 Å². The second-order valence-corrected chi connectivity index (χ2v) is 10.3. The van der Waals surface area contributed by atoms with E-state index in [9.17, 15) is 13.2 Å². The highest BCUT2D eigenvalue weighted by molar-refractivity contribution is 7.89. The Balaban J connectivity index is 1.56. The van der Waals surface area contributed by atoms with Crippen LogP contribution < -0.4 is 14.8 Å². The minimum atomic E-state index is -3.66. The van der Waals surface area contributed by atoms with Crippen LogP contribution in [0.15, 0.2) is 47.4 Å². The number of benzene rings is 2. The lowest BCUT2D eigenvalue weighted by molar-refractivity contribution is -0.121. The summed E-state index contributed by atoms with van der Waals surface area (Å²) in [4.78, 5) is 15.2. The molecule has 1 atom stereocenters. The van der Waals surface area contributed by atoms with Crippen molar-refractivity contribution in [3.8, 4) is 5.75 Å². The molecule has 1 heterocycles. The fourth-order valence-electron chi connectivity index (χ4n) is 4.19. The van der Waals surface area contributed by atoms with Gasteiger partial charge in [-0.05, 0) is 74.7 Å². The molecule has 180 valence electrons. The van der Waals surface area contributed by atoms with E-state index in [0.29, 0.717) is 12.1 Å². The SMILES string of the molecule is COc1ccc(C(CNC(=O)CCNS(=O)(=O)c2cc(C)ccc2C)N2CCCCC2)cc1. The van der Waals surface area contributed by atoms with Crippen molar-refractivity contribution in [3.05, 3.63) is 59.2 Å². The van der Waals surface area contributed by atoms with Crippen molar-refractivity contribution in [2.75, 3.05) is 33.3 Å². The van der Waals surface area contributed by atoms with Gasteiger partial charge in [0.15, 0.2) is 0 Å². The van der Waals surface area contributed by atoms with Gasteiger partial charge in [0, 0.05) is 19.5 Å². The number of likely N-dealkylation sites (tertiary alicyclic amines) is 1. The van der Waals surface area contributed by atoms with Crippen molar-refractivity contribution in [2.45, 2.75) is 50.5 Å². The zero-order valence-corrected chi connectivity index (χ0v) is 20.6. The van der Waals surface area contributed by atoms with Gasteiger partial charge in [-0.3, -0.25) is 9.69 Å². The van der Waals surface area contributed by atoms with Gasteiger partial charge in [0.25, 0.3) is 0 Å². The average Bonchev–Trinajstić information content (AvgIpc) is 2.81. The molecular formula is C25H35N3O4S. The van der Waals surface area contributed by atoms with Crippen LogP contribution in [0.3, 0.4) is 0 Å². The highest BCUT2D eigenvalue weighted by atomic mass is 32.2. The quantitative estimate of drug-likeness (QED) is 0.553. The Kier molecular flexibility index (Phi) is 8.88. The summed E-state index contributed by atoms with van der Waals surface area (Å²) in [7, 11) is -2.01. The number of carbonyl (C=O) groups is 1.